The summed E-state index contributed by atoms with van der Waals surface area (Å²) >= 11 is 0. The number of carbonyl (C=O) groups excluding carboxylic acids is 2. The Morgan fingerprint density at radius 2 is 1.75 bits per heavy atom. The molecule has 0 fully saturated rings. The Morgan fingerprint density at radius 1 is 1.07 bits per heavy atom. The van der Waals surface area contributed by atoms with E-state index in [0.717, 1.165) is 18.5 Å². The topological polar surface area (TPSA) is 85.8 Å². The van der Waals surface area contributed by atoms with Crippen LogP contribution in [0.2, 0.25) is 0 Å². The average Bonchev–Trinajstić information content (AvgIpc) is 2.63. The van der Waals surface area contributed by atoms with Gasteiger partial charge in [0.1, 0.15) is 0 Å². The van der Waals surface area contributed by atoms with E-state index >= 15 is 0 Å². The minimum atomic E-state index is -0.388. The molecular weight excluding hydrogens is 354 g/mol. The van der Waals surface area contributed by atoms with E-state index in [1.54, 1.807) is 19.0 Å². The number of guanidine groups is 1. The van der Waals surface area contributed by atoms with Gasteiger partial charge in [-0.3, -0.25) is 14.6 Å². The van der Waals surface area contributed by atoms with Gasteiger partial charge >= 0.3 is 0 Å². The van der Waals surface area contributed by atoms with Gasteiger partial charge in [-0.05, 0) is 31.0 Å². The number of carbonyl (C=O) groups is 2. The highest BCUT2D eigenvalue weighted by molar-refractivity contribution is 5.94. The smallest absolute Gasteiger partial charge is 0.253 e. The number of rotatable bonds is 8. The second-order valence-corrected chi connectivity index (χ2v) is 7.84. The highest BCUT2D eigenvalue weighted by Gasteiger charge is 2.20. The Labute approximate surface area is 169 Å². The summed E-state index contributed by atoms with van der Waals surface area (Å²) in [7, 11) is 3.50. The lowest BCUT2D eigenvalue weighted by Crippen LogP contribution is -2.43. The maximum absolute atomic E-state index is 12.1. The summed E-state index contributed by atoms with van der Waals surface area (Å²) in [6.07, 6.45) is 0.742. The Morgan fingerprint density at radius 3 is 2.36 bits per heavy atom. The number of hydrogen-bond acceptors (Lipinski definition) is 3. The van der Waals surface area contributed by atoms with E-state index in [2.05, 4.69) is 20.9 Å². The minimum Gasteiger partial charge on any atom is -0.357 e. The first-order chi connectivity index (χ1) is 13.1. The van der Waals surface area contributed by atoms with Gasteiger partial charge in [-0.1, -0.05) is 32.9 Å². The van der Waals surface area contributed by atoms with Gasteiger partial charge in [-0.15, -0.1) is 0 Å². The van der Waals surface area contributed by atoms with Gasteiger partial charge in [0.05, 0.1) is 0 Å². The molecule has 7 nitrogen and oxygen atoms in total. The third kappa shape index (κ3) is 8.41. The molecule has 0 radical (unpaired) electrons. The van der Waals surface area contributed by atoms with E-state index < -0.39 is 0 Å². The van der Waals surface area contributed by atoms with Crippen LogP contribution in [0.1, 0.15) is 43.6 Å². The zero-order chi connectivity index (χ0) is 21.2. The number of nitrogens with zero attached hydrogens (tertiary/aromatic N) is 2. The van der Waals surface area contributed by atoms with E-state index in [1.165, 1.54) is 0 Å². The molecule has 1 aromatic carbocycles. The van der Waals surface area contributed by atoms with Crippen molar-refractivity contribution in [2.45, 2.75) is 34.1 Å². The summed E-state index contributed by atoms with van der Waals surface area (Å²) in [5.41, 5.74) is 1.37. The maximum atomic E-state index is 12.1. The number of nitrogens with one attached hydrogen (secondary N) is 3. The van der Waals surface area contributed by atoms with Crippen LogP contribution in [-0.2, 0) is 11.2 Å². The van der Waals surface area contributed by atoms with Gasteiger partial charge in [0.15, 0.2) is 5.96 Å². The minimum absolute atomic E-state index is 0.00217. The van der Waals surface area contributed by atoms with Crippen LogP contribution in [0.3, 0.4) is 0 Å². The van der Waals surface area contributed by atoms with Crippen LogP contribution in [0.5, 0.6) is 0 Å². The Bertz CT molecular complexity index is 678. The molecule has 0 heterocycles. The van der Waals surface area contributed by atoms with Crippen molar-refractivity contribution in [2.75, 3.05) is 40.3 Å². The largest absolute Gasteiger partial charge is 0.357 e. The molecular formula is C21H35N5O2. The molecule has 0 aliphatic rings. The molecule has 0 saturated carbocycles. The summed E-state index contributed by atoms with van der Waals surface area (Å²) in [6, 6.07) is 7.65. The molecule has 0 aromatic heterocycles. The summed E-state index contributed by atoms with van der Waals surface area (Å²) < 4.78 is 0. The van der Waals surface area contributed by atoms with Crippen LogP contribution in [0, 0.1) is 5.41 Å². The molecule has 0 spiro atoms. The van der Waals surface area contributed by atoms with Crippen LogP contribution >= 0.6 is 0 Å². The maximum Gasteiger partial charge on any atom is 0.253 e. The van der Waals surface area contributed by atoms with Crippen LogP contribution in [0.25, 0.3) is 0 Å². The van der Waals surface area contributed by atoms with Gasteiger partial charge in [0.25, 0.3) is 5.91 Å². The Balaban J connectivity index is 2.53. The first-order valence-electron chi connectivity index (χ1n) is 9.76. The van der Waals surface area contributed by atoms with E-state index in [9.17, 15) is 9.59 Å². The van der Waals surface area contributed by atoms with E-state index in [0.29, 0.717) is 31.2 Å². The third-order valence-corrected chi connectivity index (χ3v) is 3.98. The quantitative estimate of drug-likeness (QED) is 0.358. The predicted octanol–water partition coefficient (Wildman–Crippen LogP) is 1.65. The van der Waals surface area contributed by atoms with Crippen molar-refractivity contribution in [2.24, 2.45) is 10.4 Å². The number of benzene rings is 1. The van der Waals surface area contributed by atoms with Gasteiger partial charge < -0.3 is 20.9 Å². The second-order valence-electron chi connectivity index (χ2n) is 7.84. The lowest BCUT2D eigenvalue weighted by atomic mass is 9.96. The summed E-state index contributed by atoms with van der Waals surface area (Å²) in [4.78, 5) is 30.1. The van der Waals surface area contributed by atoms with E-state index in [1.807, 2.05) is 52.0 Å². The summed E-state index contributed by atoms with van der Waals surface area (Å²) in [6.45, 7) is 10.2. The fraction of sp³-hybridized carbons (Fsp3) is 0.571. The van der Waals surface area contributed by atoms with Crippen LogP contribution in [0.4, 0.5) is 0 Å². The fourth-order valence-corrected chi connectivity index (χ4v) is 2.38. The predicted molar refractivity (Wildman–Crippen MR) is 115 cm³/mol. The Hall–Kier alpha value is -2.57. The molecule has 0 saturated heterocycles. The first kappa shape index (κ1) is 23.5. The van der Waals surface area contributed by atoms with Crippen molar-refractivity contribution < 1.29 is 9.59 Å². The molecule has 0 unspecified atom stereocenters. The molecule has 0 bridgehead atoms. The molecule has 2 amide bonds. The Kier molecular flexibility index (Phi) is 9.48. The van der Waals surface area contributed by atoms with Crippen molar-refractivity contribution in [3.8, 4) is 0 Å². The molecule has 156 valence electrons. The van der Waals surface area contributed by atoms with Crippen LogP contribution in [0.15, 0.2) is 29.3 Å². The molecule has 0 atom stereocenters. The molecule has 1 aromatic rings. The van der Waals surface area contributed by atoms with Gasteiger partial charge in [0, 0.05) is 51.3 Å². The molecule has 28 heavy (non-hydrogen) atoms. The number of hydrogen-bond donors (Lipinski definition) is 3. The van der Waals surface area contributed by atoms with Crippen LogP contribution < -0.4 is 16.0 Å². The second kappa shape index (κ2) is 11.3. The van der Waals surface area contributed by atoms with E-state index in [-0.39, 0.29) is 17.2 Å². The molecule has 0 aliphatic heterocycles. The van der Waals surface area contributed by atoms with Crippen LogP contribution in [-0.4, -0.2) is 62.9 Å². The number of amides is 2. The van der Waals surface area contributed by atoms with Crippen molar-refractivity contribution in [3.63, 3.8) is 0 Å². The average molecular weight is 390 g/mol. The van der Waals surface area contributed by atoms with Crippen molar-refractivity contribution in [1.29, 1.82) is 0 Å². The molecule has 1 rings (SSSR count). The van der Waals surface area contributed by atoms with Crippen molar-refractivity contribution >= 4 is 17.8 Å². The van der Waals surface area contributed by atoms with Crippen molar-refractivity contribution in [1.82, 2.24) is 20.9 Å². The van der Waals surface area contributed by atoms with Gasteiger partial charge in [-0.25, -0.2) is 0 Å². The van der Waals surface area contributed by atoms with E-state index in [4.69, 9.17) is 0 Å². The molecule has 3 N–H and O–H groups in total. The number of aliphatic imine (C=N–C) groups is 1. The lowest BCUT2D eigenvalue weighted by molar-refractivity contribution is -0.128. The normalized spacial score (nSPS) is 11.7. The van der Waals surface area contributed by atoms with Crippen molar-refractivity contribution in [3.05, 3.63) is 35.4 Å². The summed E-state index contributed by atoms with van der Waals surface area (Å²) in [5, 5.41) is 9.33. The highest BCUT2D eigenvalue weighted by Crippen LogP contribution is 2.11. The van der Waals surface area contributed by atoms with Gasteiger partial charge in [-0.2, -0.15) is 0 Å². The first-order valence-corrected chi connectivity index (χ1v) is 9.76. The highest BCUT2D eigenvalue weighted by atomic mass is 16.2. The SMILES string of the molecule is CCNC(=NCCc1cccc(C(=O)N(C)C)c1)NCCNC(=O)C(C)(C)C. The van der Waals surface area contributed by atoms with Gasteiger partial charge in [0.2, 0.25) is 5.91 Å². The standard InChI is InChI=1S/C21H35N5O2/c1-7-22-20(25-14-13-23-19(28)21(2,3)4)24-12-11-16-9-8-10-17(15-16)18(27)26(5)6/h8-10,15H,7,11-14H2,1-6H3,(H,23,28)(H2,22,24,25). The zero-order valence-corrected chi connectivity index (χ0v) is 18.1. The lowest BCUT2D eigenvalue weighted by Gasteiger charge is -2.18. The zero-order valence-electron chi connectivity index (χ0n) is 18.1. The third-order valence-electron chi connectivity index (χ3n) is 3.98. The monoisotopic (exact) mass is 389 g/mol. The molecule has 7 heteroatoms. The summed E-state index contributed by atoms with van der Waals surface area (Å²) in [5.74, 6) is 0.745. The fourth-order valence-electron chi connectivity index (χ4n) is 2.38. The molecule has 0 aliphatic carbocycles.